The van der Waals surface area contributed by atoms with Gasteiger partial charge < -0.3 is 4.74 Å². The third-order valence-corrected chi connectivity index (χ3v) is 1.45. The summed E-state index contributed by atoms with van der Waals surface area (Å²) in [6.07, 6.45) is 1.74. The molecular weight excluding hydrogens is 182 g/mol. The van der Waals surface area contributed by atoms with Crippen molar-refractivity contribution in [3.63, 3.8) is 0 Å². The number of hydrogen-bond donors (Lipinski definition) is 0. The van der Waals surface area contributed by atoms with E-state index in [1.54, 1.807) is 0 Å². The number of amides is 1. The van der Waals surface area contributed by atoms with Crippen molar-refractivity contribution in [2.75, 3.05) is 0 Å². The normalized spacial score (nSPS) is 11.1. The summed E-state index contributed by atoms with van der Waals surface area (Å²) in [5.74, 6) is -0.816. The zero-order chi connectivity index (χ0) is 11.2. The highest BCUT2D eigenvalue weighted by molar-refractivity contribution is 5.73. The van der Waals surface area contributed by atoms with Crippen LogP contribution in [0, 0.1) is 0 Å². The molecule has 1 radical (unpaired) electrons. The van der Waals surface area contributed by atoms with Crippen LogP contribution in [0.3, 0.4) is 0 Å². The van der Waals surface area contributed by atoms with Crippen LogP contribution in [0.1, 0.15) is 46.5 Å². The fourth-order valence-corrected chi connectivity index (χ4v) is 0.947. The molecule has 0 saturated heterocycles. The summed E-state index contributed by atoms with van der Waals surface area (Å²) >= 11 is 0. The van der Waals surface area contributed by atoms with Crippen molar-refractivity contribution in [3.8, 4) is 0 Å². The first-order valence-corrected chi connectivity index (χ1v) is 4.77. The minimum atomic E-state index is -0.575. The van der Waals surface area contributed by atoms with E-state index in [0.29, 0.717) is 19.3 Å². The van der Waals surface area contributed by atoms with E-state index in [1.807, 2.05) is 20.8 Å². The molecule has 1 amide bonds. The van der Waals surface area contributed by atoms with Crippen molar-refractivity contribution in [3.05, 3.63) is 0 Å². The maximum Gasteiger partial charge on any atom is 0.306 e. The van der Waals surface area contributed by atoms with Crippen molar-refractivity contribution in [1.29, 1.82) is 0 Å². The lowest BCUT2D eigenvalue weighted by atomic mass is 10.1. The van der Waals surface area contributed by atoms with E-state index < -0.39 is 11.5 Å². The SMILES string of the molecule is CC(C)(C)OC(=O)CCCCC([NH])=O. The van der Waals surface area contributed by atoms with E-state index in [1.165, 1.54) is 0 Å². The minimum absolute atomic E-state index is 0.225. The summed E-state index contributed by atoms with van der Waals surface area (Å²) in [6, 6.07) is 0. The standard InChI is InChI=1S/C10H18NO3/c1-10(2,3)14-9(13)7-5-4-6-8(11)12/h11H,4-7H2,1-3H3. The third kappa shape index (κ3) is 9.03. The predicted octanol–water partition coefficient (Wildman–Crippen LogP) is 1.70. The van der Waals surface area contributed by atoms with E-state index in [-0.39, 0.29) is 12.4 Å². The van der Waals surface area contributed by atoms with E-state index in [4.69, 9.17) is 10.5 Å². The molecule has 0 saturated carbocycles. The first-order valence-electron chi connectivity index (χ1n) is 4.77. The van der Waals surface area contributed by atoms with Crippen LogP contribution in [0.4, 0.5) is 0 Å². The van der Waals surface area contributed by atoms with Gasteiger partial charge >= 0.3 is 5.97 Å². The molecule has 0 rings (SSSR count). The Morgan fingerprint density at radius 1 is 1.14 bits per heavy atom. The molecule has 0 aromatic heterocycles. The smallest absolute Gasteiger partial charge is 0.306 e. The van der Waals surface area contributed by atoms with E-state index in [2.05, 4.69) is 0 Å². The fourth-order valence-electron chi connectivity index (χ4n) is 0.947. The molecule has 1 N–H and O–H groups in total. The van der Waals surface area contributed by atoms with Crippen LogP contribution in [-0.2, 0) is 14.3 Å². The Morgan fingerprint density at radius 2 is 1.64 bits per heavy atom. The average molecular weight is 200 g/mol. The van der Waals surface area contributed by atoms with E-state index in [0.717, 1.165) is 0 Å². The molecule has 0 atom stereocenters. The summed E-state index contributed by atoms with van der Waals surface area (Å²) < 4.78 is 5.07. The van der Waals surface area contributed by atoms with Crippen molar-refractivity contribution in [2.24, 2.45) is 0 Å². The quantitative estimate of drug-likeness (QED) is 0.501. The second kappa shape index (κ2) is 5.62. The number of esters is 1. The topological polar surface area (TPSA) is 67.2 Å². The molecule has 0 spiro atoms. The van der Waals surface area contributed by atoms with Gasteiger partial charge in [0.1, 0.15) is 5.60 Å². The Hall–Kier alpha value is -1.06. The molecule has 0 aromatic rings. The second-order valence-corrected chi connectivity index (χ2v) is 4.22. The lowest BCUT2D eigenvalue weighted by Gasteiger charge is -2.19. The highest BCUT2D eigenvalue weighted by atomic mass is 16.6. The van der Waals surface area contributed by atoms with Crippen molar-refractivity contribution >= 4 is 11.9 Å². The first kappa shape index (κ1) is 12.9. The van der Waals surface area contributed by atoms with Gasteiger partial charge in [-0.25, -0.2) is 0 Å². The lowest BCUT2D eigenvalue weighted by molar-refractivity contribution is -0.155. The molecule has 0 bridgehead atoms. The predicted molar refractivity (Wildman–Crippen MR) is 52.4 cm³/mol. The van der Waals surface area contributed by atoms with Crippen molar-refractivity contribution in [1.82, 2.24) is 5.73 Å². The Bertz CT molecular complexity index is 206. The molecule has 0 aromatic carbocycles. The Kier molecular flexibility index (Phi) is 5.20. The van der Waals surface area contributed by atoms with Crippen LogP contribution in [0.2, 0.25) is 0 Å². The summed E-state index contributed by atoms with van der Waals surface area (Å²) in [4.78, 5) is 21.4. The number of rotatable bonds is 5. The summed E-state index contributed by atoms with van der Waals surface area (Å²) in [7, 11) is 0. The zero-order valence-electron chi connectivity index (χ0n) is 9.05. The largest absolute Gasteiger partial charge is 0.460 e. The van der Waals surface area contributed by atoms with Gasteiger partial charge in [0.25, 0.3) is 0 Å². The molecule has 0 aliphatic heterocycles. The highest BCUT2D eigenvalue weighted by Crippen LogP contribution is 2.10. The Morgan fingerprint density at radius 3 is 2.07 bits per heavy atom. The zero-order valence-corrected chi connectivity index (χ0v) is 9.05. The number of carbonyl (C=O) groups excluding carboxylic acids is 2. The first-order chi connectivity index (χ1) is 6.31. The summed E-state index contributed by atoms with van der Waals surface area (Å²) in [5.41, 5.74) is 6.21. The number of unbranched alkanes of at least 4 members (excludes halogenated alkanes) is 1. The van der Waals surface area contributed by atoms with Gasteiger partial charge in [0, 0.05) is 12.8 Å². The summed E-state index contributed by atoms with van der Waals surface area (Å²) in [6.45, 7) is 5.45. The van der Waals surface area contributed by atoms with Gasteiger partial charge in [0.05, 0.1) is 0 Å². The fraction of sp³-hybridized carbons (Fsp3) is 0.800. The maximum absolute atomic E-state index is 11.1. The van der Waals surface area contributed by atoms with Crippen molar-refractivity contribution < 1.29 is 14.3 Å². The van der Waals surface area contributed by atoms with Gasteiger partial charge in [-0.05, 0) is 33.6 Å². The van der Waals surface area contributed by atoms with E-state index >= 15 is 0 Å². The molecule has 0 aliphatic carbocycles. The van der Waals surface area contributed by atoms with Crippen LogP contribution < -0.4 is 5.73 Å². The molecule has 0 heterocycles. The lowest BCUT2D eigenvalue weighted by Crippen LogP contribution is -2.23. The van der Waals surface area contributed by atoms with Crippen LogP contribution in [-0.4, -0.2) is 17.5 Å². The molecule has 4 nitrogen and oxygen atoms in total. The van der Waals surface area contributed by atoms with Crippen LogP contribution in [0.15, 0.2) is 0 Å². The Balaban J connectivity index is 3.50. The van der Waals surface area contributed by atoms with Gasteiger partial charge in [0.2, 0.25) is 5.91 Å². The Labute approximate surface area is 84.8 Å². The van der Waals surface area contributed by atoms with Gasteiger partial charge in [-0.1, -0.05) is 0 Å². The highest BCUT2D eigenvalue weighted by Gasteiger charge is 2.15. The average Bonchev–Trinajstić information content (AvgIpc) is 1.94. The number of hydrogen-bond acceptors (Lipinski definition) is 3. The van der Waals surface area contributed by atoms with Gasteiger partial charge in [-0.15, -0.1) is 0 Å². The molecule has 0 aliphatic rings. The molecule has 4 heteroatoms. The molecule has 0 unspecified atom stereocenters. The molecule has 81 valence electrons. The molecule has 0 fully saturated rings. The van der Waals surface area contributed by atoms with Crippen LogP contribution in [0.5, 0.6) is 0 Å². The van der Waals surface area contributed by atoms with Gasteiger partial charge in [-0.2, -0.15) is 0 Å². The molecule has 14 heavy (non-hydrogen) atoms. The number of nitrogens with one attached hydrogen (secondary N) is 1. The summed E-state index contributed by atoms with van der Waals surface area (Å²) in [5, 5.41) is 0. The van der Waals surface area contributed by atoms with Gasteiger partial charge in [0.15, 0.2) is 0 Å². The van der Waals surface area contributed by atoms with Crippen LogP contribution >= 0.6 is 0 Å². The molecular formula is C10H18NO3. The number of carbonyl (C=O) groups is 2. The van der Waals surface area contributed by atoms with E-state index in [9.17, 15) is 9.59 Å². The van der Waals surface area contributed by atoms with Crippen LogP contribution in [0.25, 0.3) is 0 Å². The maximum atomic E-state index is 11.1. The third-order valence-electron chi connectivity index (χ3n) is 1.45. The number of ether oxygens (including phenoxy) is 1. The second-order valence-electron chi connectivity index (χ2n) is 4.22. The monoisotopic (exact) mass is 200 g/mol. The van der Waals surface area contributed by atoms with Gasteiger partial charge in [-0.3, -0.25) is 15.3 Å². The minimum Gasteiger partial charge on any atom is -0.460 e. The van der Waals surface area contributed by atoms with Crippen molar-refractivity contribution in [2.45, 2.75) is 52.1 Å².